The van der Waals surface area contributed by atoms with Crippen molar-refractivity contribution in [3.05, 3.63) is 68.4 Å². The molecule has 1 unspecified atom stereocenters. The van der Waals surface area contributed by atoms with Crippen LogP contribution in [0, 0.1) is 5.82 Å². The predicted molar refractivity (Wildman–Crippen MR) is 83.6 cm³/mol. The van der Waals surface area contributed by atoms with Crippen LogP contribution in [0.15, 0.2) is 51.4 Å². The van der Waals surface area contributed by atoms with Gasteiger partial charge in [0.2, 0.25) is 0 Å². The lowest BCUT2D eigenvalue weighted by molar-refractivity contribution is 0.601. The van der Waals surface area contributed by atoms with Crippen molar-refractivity contribution in [3.63, 3.8) is 0 Å². The van der Waals surface area contributed by atoms with E-state index >= 15 is 0 Å². The zero-order valence-electron chi connectivity index (χ0n) is 9.34. The summed E-state index contributed by atoms with van der Waals surface area (Å²) in [5, 5.41) is 0. The molecule has 4 heteroatoms. The molecule has 0 bridgehead atoms. The summed E-state index contributed by atoms with van der Waals surface area (Å²) in [4.78, 5) is -0.0377. The quantitative estimate of drug-likeness (QED) is 0.515. The van der Waals surface area contributed by atoms with Crippen LogP contribution in [-0.2, 0) is 6.42 Å². The lowest BCUT2D eigenvalue weighted by atomic mass is 10.0. The molecule has 2 aromatic rings. The van der Waals surface area contributed by atoms with Crippen LogP contribution in [0.5, 0.6) is 0 Å². The van der Waals surface area contributed by atoms with E-state index in [1.54, 1.807) is 12.1 Å². The summed E-state index contributed by atoms with van der Waals surface area (Å²) in [7, 11) is 0. The highest BCUT2D eigenvalue weighted by Gasteiger charge is 2.15. The summed E-state index contributed by atoms with van der Waals surface area (Å²) >= 11 is 10.2. The molecule has 1 atom stereocenters. The third-order valence-corrected chi connectivity index (χ3v) is 4.55. The Morgan fingerprint density at radius 1 is 1.06 bits per heavy atom. The maximum absolute atomic E-state index is 13.9. The molecule has 0 radical (unpaired) electrons. The molecule has 0 amide bonds. The molecular formula is C14H10Br3F. The molecule has 0 spiro atoms. The first-order valence-electron chi connectivity index (χ1n) is 5.40. The van der Waals surface area contributed by atoms with Gasteiger partial charge in [-0.1, -0.05) is 56.1 Å². The number of rotatable bonds is 3. The van der Waals surface area contributed by atoms with Crippen molar-refractivity contribution < 1.29 is 4.39 Å². The zero-order valence-corrected chi connectivity index (χ0v) is 14.1. The smallest absolute Gasteiger partial charge is 0.141 e. The van der Waals surface area contributed by atoms with E-state index in [0.717, 1.165) is 16.5 Å². The first-order chi connectivity index (χ1) is 8.58. The maximum atomic E-state index is 13.9. The average Bonchev–Trinajstić information content (AvgIpc) is 2.32. The number of hydrogen-bond donors (Lipinski definition) is 0. The van der Waals surface area contributed by atoms with Gasteiger partial charge in [0.15, 0.2) is 0 Å². The van der Waals surface area contributed by atoms with Gasteiger partial charge in [0.25, 0.3) is 0 Å². The van der Waals surface area contributed by atoms with Crippen LogP contribution >= 0.6 is 47.8 Å². The monoisotopic (exact) mass is 434 g/mol. The Bertz CT molecular complexity index is 554. The number of benzene rings is 2. The van der Waals surface area contributed by atoms with Crippen LogP contribution in [-0.4, -0.2) is 0 Å². The molecule has 0 N–H and O–H groups in total. The number of hydrogen-bond acceptors (Lipinski definition) is 0. The van der Waals surface area contributed by atoms with Gasteiger partial charge in [-0.15, -0.1) is 0 Å². The number of halogens is 4. The lowest BCUT2D eigenvalue weighted by Crippen LogP contribution is -1.99. The highest BCUT2D eigenvalue weighted by atomic mass is 79.9. The first-order valence-corrected chi connectivity index (χ1v) is 7.90. The standard InChI is InChI=1S/C14H10Br3F/c15-10-4-1-3-9(7-10)8-13(17)11-5-2-6-12(16)14(11)18/h1-7,13H,8H2. The minimum absolute atomic E-state index is 0.0377. The Kier molecular flexibility index (Phi) is 4.98. The lowest BCUT2D eigenvalue weighted by Gasteiger charge is -2.12. The van der Waals surface area contributed by atoms with Crippen molar-refractivity contribution in [1.29, 1.82) is 0 Å². The van der Waals surface area contributed by atoms with Crippen LogP contribution in [0.2, 0.25) is 0 Å². The number of alkyl halides is 1. The van der Waals surface area contributed by atoms with Crippen molar-refractivity contribution in [2.24, 2.45) is 0 Å². The summed E-state index contributed by atoms with van der Waals surface area (Å²) in [6.45, 7) is 0. The van der Waals surface area contributed by atoms with Gasteiger partial charge >= 0.3 is 0 Å². The van der Waals surface area contributed by atoms with Gasteiger partial charge in [0.1, 0.15) is 5.82 Å². The highest BCUT2D eigenvalue weighted by Crippen LogP contribution is 2.32. The second kappa shape index (κ2) is 6.31. The van der Waals surface area contributed by atoms with Crippen molar-refractivity contribution in [2.75, 3.05) is 0 Å². The third-order valence-electron chi connectivity index (χ3n) is 2.62. The largest absolute Gasteiger partial charge is 0.205 e. The van der Waals surface area contributed by atoms with E-state index in [9.17, 15) is 4.39 Å². The van der Waals surface area contributed by atoms with E-state index in [-0.39, 0.29) is 10.6 Å². The molecule has 2 rings (SSSR count). The summed E-state index contributed by atoms with van der Waals surface area (Å²) in [5.41, 5.74) is 1.83. The molecular weight excluding hydrogens is 427 g/mol. The summed E-state index contributed by atoms with van der Waals surface area (Å²) in [6.07, 6.45) is 0.743. The maximum Gasteiger partial charge on any atom is 0.141 e. The fourth-order valence-electron chi connectivity index (χ4n) is 1.74. The molecule has 0 aliphatic heterocycles. The van der Waals surface area contributed by atoms with E-state index in [0.29, 0.717) is 10.0 Å². The second-order valence-corrected chi connectivity index (χ2v) is 6.82. The first kappa shape index (κ1) is 14.2. The highest BCUT2D eigenvalue weighted by molar-refractivity contribution is 9.10. The molecule has 0 saturated carbocycles. The molecule has 0 aromatic heterocycles. The normalized spacial score (nSPS) is 12.4. The Balaban J connectivity index is 2.22. The van der Waals surface area contributed by atoms with Crippen molar-refractivity contribution >= 4 is 47.8 Å². The molecule has 0 fully saturated rings. The van der Waals surface area contributed by atoms with Crippen LogP contribution < -0.4 is 0 Å². The Morgan fingerprint density at radius 2 is 1.78 bits per heavy atom. The fourth-order valence-corrected chi connectivity index (χ4v) is 3.30. The molecule has 0 heterocycles. The van der Waals surface area contributed by atoms with Crippen LogP contribution in [0.25, 0.3) is 0 Å². The van der Waals surface area contributed by atoms with Crippen molar-refractivity contribution in [2.45, 2.75) is 11.2 Å². The Labute approximate surface area is 131 Å². The van der Waals surface area contributed by atoms with Crippen LogP contribution in [0.1, 0.15) is 16.0 Å². The van der Waals surface area contributed by atoms with Crippen molar-refractivity contribution in [3.8, 4) is 0 Å². The van der Waals surface area contributed by atoms with E-state index in [1.165, 1.54) is 0 Å². The SMILES string of the molecule is Fc1c(Br)cccc1C(Br)Cc1cccc(Br)c1. The molecule has 0 nitrogen and oxygen atoms in total. The minimum Gasteiger partial charge on any atom is -0.205 e. The molecule has 0 aliphatic rings. The van der Waals surface area contributed by atoms with Crippen LogP contribution in [0.4, 0.5) is 4.39 Å². The van der Waals surface area contributed by atoms with Gasteiger partial charge in [0.05, 0.1) is 4.47 Å². The summed E-state index contributed by atoms with van der Waals surface area (Å²) in [5.74, 6) is -0.200. The molecule has 0 saturated heterocycles. The topological polar surface area (TPSA) is 0 Å². The molecule has 94 valence electrons. The van der Waals surface area contributed by atoms with E-state index < -0.39 is 0 Å². The third kappa shape index (κ3) is 3.43. The summed E-state index contributed by atoms with van der Waals surface area (Å²) in [6, 6.07) is 13.4. The van der Waals surface area contributed by atoms with E-state index in [1.807, 2.05) is 30.3 Å². The predicted octanol–water partition coefficient (Wildman–Crippen LogP) is 6.03. The molecule has 18 heavy (non-hydrogen) atoms. The van der Waals surface area contributed by atoms with Gasteiger partial charge in [-0.2, -0.15) is 0 Å². The minimum atomic E-state index is -0.200. The van der Waals surface area contributed by atoms with Gasteiger partial charge in [-0.3, -0.25) is 0 Å². The second-order valence-electron chi connectivity index (χ2n) is 3.94. The Morgan fingerprint density at radius 3 is 2.50 bits per heavy atom. The van der Waals surface area contributed by atoms with Crippen LogP contribution in [0.3, 0.4) is 0 Å². The van der Waals surface area contributed by atoms with Gasteiger partial charge in [0, 0.05) is 14.9 Å². The molecule has 2 aromatic carbocycles. The zero-order chi connectivity index (χ0) is 13.1. The van der Waals surface area contributed by atoms with E-state index in [4.69, 9.17) is 0 Å². The Hall–Kier alpha value is -0.190. The average molecular weight is 437 g/mol. The van der Waals surface area contributed by atoms with Gasteiger partial charge in [-0.05, 0) is 46.1 Å². The fraction of sp³-hybridized carbons (Fsp3) is 0.143. The molecule has 0 aliphatic carbocycles. The van der Waals surface area contributed by atoms with E-state index in [2.05, 4.69) is 47.8 Å². The van der Waals surface area contributed by atoms with Gasteiger partial charge in [-0.25, -0.2) is 4.39 Å². The van der Waals surface area contributed by atoms with Crippen molar-refractivity contribution in [1.82, 2.24) is 0 Å². The van der Waals surface area contributed by atoms with Gasteiger partial charge < -0.3 is 0 Å². The summed E-state index contributed by atoms with van der Waals surface area (Å²) < 4.78 is 15.5.